The quantitative estimate of drug-likeness (QED) is 0.0545. The van der Waals surface area contributed by atoms with Crippen LogP contribution in [0.1, 0.15) is 187 Å². The van der Waals surface area contributed by atoms with Crippen molar-refractivity contribution >= 4 is 43.2 Å². The number of halogens is 2. The zero-order chi connectivity index (χ0) is 29.6. The van der Waals surface area contributed by atoms with E-state index in [2.05, 4.69) is 51.8 Å². The maximum absolute atomic E-state index is 6.11. The van der Waals surface area contributed by atoms with Gasteiger partial charge in [-0.2, -0.15) is 0 Å². The Hall–Kier alpha value is 0.260. The summed E-state index contributed by atoms with van der Waals surface area (Å²) in [4.78, 5) is 0.706. The largest absolute Gasteiger partial charge is 0.489 e. The Bertz CT molecular complexity index is 666. The molecule has 1 aromatic heterocycles. The summed E-state index contributed by atoms with van der Waals surface area (Å²) in [6.07, 6.45) is 36.9. The van der Waals surface area contributed by atoms with Crippen LogP contribution in [0.4, 0.5) is 0 Å². The molecule has 0 amide bonds. The summed E-state index contributed by atoms with van der Waals surface area (Å²) in [5, 5.41) is 0.944. The van der Waals surface area contributed by atoms with Crippen LogP contribution in [0.2, 0.25) is 0 Å². The molecule has 1 unspecified atom stereocenters. The fourth-order valence-electron chi connectivity index (χ4n) is 5.46. The van der Waals surface area contributed by atoms with Gasteiger partial charge in [-0.05, 0) is 41.6 Å². The SMILES string of the molecule is CCCCCCCCCCCCCCCCOc1sc(Br)cc1OCCCCCCC(Br)CCCCCCCCC. The third-order valence-electron chi connectivity index (χ3n) is 8.16. The van der Waals surface area contributed by atoms with Gasteiger partial charge in [0.25, 0.3) is 0 Å². The first-order valence-corrected chi connectivity index (χ1v) is 20.4. The van der Waals surface area contributed by atoms with Gasteiger partial charge in [0.1, 0.15) is 0 Å². The van der Waals surface area contributed by atoms with Crippen LogP contribution in [0.3, 0.4) is 0 Å². The van der Waals surface area contributed by atoms with E-state index in [9.17, 15) is 0 Å². The number of unbranched alkanes of at least 4 members (excludes halogenated alkanes) is 22. The molecule has 2 nitrogen and oxygen atoms in total. The number of rotatable bonds is 32. The average molecular weight is 723 g/mol. The molecule has 0 aliphatic rings. The van der Waals surface area contributed by atoms with Crippen LogP contribution in [0.15, 0.2) is 9.85 Å². The predicted molar refractivity (Wildman–Crippen MR) is 192 cm³/mol. The number of thiophene rings is 1. The standard InChI is InChI=1S/C36H66Br2O2S/c1-3-5-7-9-11-12-13-14-15-16-17-19-22-27-31-40-36-34(32-35(38)41-36)39-30-26-23-21-25-29-33(37)28-24-20-18-10-8-6-4-2/h32-33H,3-31H2,1-2H3. The summed E-state index contributed by atoms with van der Waals surface area (Å²) in [5.74, 6) is 0.919. The molecule has 0 radical (unpaired) electrons. The molecule has 0 bridgehead atoms. The van der Waals surface area contributed by atoms with E-state index in [0.717, 1.165) is 40.7 Å². The van der Waals surface area contributed by atoms with Crippen LogP contribution >= 0.6 is 43.2 Å². The Kier molecular flexibility index (Phi) is 29.0. The van der Waals surface area contributed by atoms with Crippen LogP contribution in [-0.2, 0) is 0 Å². The van der Waals surface area contributed by atoms with Crippen LogP contribution < -0.4 is 9.47 Å². The first-order chi connectivity index (χ1) is 20.2. The zero-order valence-electron chi connectivity index (χ0n) is 27.1. The molecule has 0 saturated heterocycles. The minimum Gasteiger partial charge on any atom is -0.489 e. The van der Waals surface area contributed by atoms with Gasteiger partial charge in [0.05, 0.1) is 17.0 Å². The van der Waals surface area contributed by atoms with Crippen molar-refractivity contribution in [2.45, 2.75) is 192 Å². The lowest BCUT2D eigenvalue weighted by atomic mass is 10.0. The van der Waals surface area contributed by atoms with E-state index in [0.29, 0.717) is 4.83 Å². The highest BCUT2D eigenvalue weighted by Gasteiger charge is 2.11. The highest BCUT2D eigenvalue weighted by atomic mass is 79.9. The molecule has 1 aromatic rings. The fourth-order valence-corrected chi connectivity index (χ4v) is 7.46. The number of hydrogen-bond acceptors (Lipinski definition) is 3. The summed E-state index contributed by atoms with van der Waals surface area (Å²) in [5.41, 5.74) is 0. The van der Waals surface area contributed by atoms with Crippen molar-refractivity contribution in [1.82, 2.24) is 0 Å². The van der Waals surface area contributed by atoms with Crippen molar-refractivity contribution in [3.63, 3.8) is 0 Å². The summed E-state index contributed by atoms with van der Waals surface area (Å²) < 4.78 is 13.3. The topological polar surface area (TPSA) is 18.5 Å². The van der Waals surface area contributed by atoms with E-state index < -0.39 is 0 Å². The van der Waals surface area contributed by atoms with Crippen LogP contribution in [0.25, 0.3) is 0 Å². The Morgan fingerprint density at radius 1 is 0.537 bits per heavy atom. The lowest BCUT2D eigenvalue weighted by Gasteiger charge is -2.10. The molecule has 0 aliphatic heterocycles. The minimum atomic E-state index is 0.706. The normalized spacial score (nSPS) is 12.2. The van der Waals surface area contributed by atoms with Gasteiger partial charge in [-0.15, -0.1) is 0 Å². The molecule has 0 aromatic carbocycles. The Morgan fingerprint density at radius 3 is 1.34 bits per heavy atom. The van der Waals surface area contributed by atoms with Crippen molar-refractivity contribution in [2.24, 2.45) is 0 Å². The van der Waals surface area contributed by atoms with Gasteiger partial charge in [-0.25, -0.2) is 0 Å². The monoisotopic (exact) mass is 720 g/mol. The summed E-state index contributed by atoms with van der Waals surface area (Å²) in [6.45, 7) is 6.17. The lowest BCUT2D eigenvalue weighted by Crippen LogP contribution is -2.01. The molecule has 41 heavy (non-hydrogen) atoms. The highest BCUT2D eigenvalue weighted by molar-refractivity contribution is 9.11. The third-order valence-corrected chi connectivity index (χ3v) is 10.6. The van der Waals surface area contributed by atoms with E-state index in [1.165, 1.54) is 161 Å². The third kappa shape index (κ3) is 25.3. The molecule has 0 aliphatic carbocycles. The molecule has 1 heterocycles. The molecule has 1 rings (SSSR count). The second kappa shape index (κ2) is 30.3. The zero-order valence-corrected chi connectivity index (χ0v) is 31.1. The highest BCUT2D eigenvalue weighted by Crippen LogP contribution is 2.40. The Morgan fingerprint density at radius 2 is 0.902 bits per heavy atom. The van der Waals surface area contributed by atoms with Crippen LogP contribution in [-0.4, -0.2) is 18.0 Å². The molecular formula is C36H66Br2O2S. The molecule has 0 spiro atoms. The molecule has 0 N–H and O–H groups in total. The van der Waals surface area contributed by atoms with E-state index in [4.69, 9.17) is 9.47 Å². The van der Waals surface area contributed by atoms with Crippen molar-refractivity contribution in [1.29, 1.82) is 0 Å². The Labute approximate surface area is 277 Å². The first kappa shape index (κ1) is 39.3. The van der Waals surface area contributed by atoms with Crippen molar-refractivity contribution < 1.29 is 9.47 Å². The lowest BCUT2D eigenvalue weighted by molar-refractivity contribution is 0.265. The van der Waals surface area contributed by atoms with Gasteiger partial charge in [-0.3, -0.25) is 0 Å². The number of alkyl halides is 1. The summed E-state index contributed by atoms with van der Waals surface area (Å²) in [6, 6.07) is 2.07. The van der Waals surface area contributed by atoms with Gasteiger partial charge < -0.3 is 9.47 Å². The molecular weight excluding hydrogens is 656 g/mol. The van der Waals surface area contributed by atoms with Crippen LogP contribution in [0.5, 0.6) is 10.8 Å². The van der Waals surface area contributed by atoms with Crippen molar-refractivity contribution in [3.8, 4) is 10.8 Å². The minimum absolute atomic E-state index is 0.706. The summed E-state index contributed by atoms with van der Waals surface area (Å²) >= 11 is 9.18. The van der Waals surface area contributed by atoms with E-state index in [1.807, 2.05) is 0 Å². The second-order valence-corrected chi connectivity index (χ2v) is 15.9. The molecule has 242 valence electrons. The molecule has 0 fully saturated rings. The maximum atomic E-state index is 6.11. The van der Waals surface area contributed by atoms with Crippen LogP contribution in [0, 0.1) is 0 Å². The predicted octanol–water partition coefficient (Wildman–Crippen LogP) is 14.6. The van der Waals surface area contributed by atoms with Gasteiger partial charge in [0.2, 0.25) is 5.06 Å². The van der Waals surface area contributed by atoms with Gasteiger partial charge in [0, 0.05) is 10.9 Å². The van der Waals surface area contributed by atoms with E-state index >= 15 is 0 Å². The van der Waals surface area contributed by atoms with Crippen molar-refractivity contribution in [2.75, 3.05) is 13.2 Å². The number of ether oxygens (including phenoxy) is 2. The summed E-state index contributed by atoms with van der Waals surface area (Å²) in [7, 11) is 0. The van der Waals surface area contributed by atoms with Gasteiger partial charge >= 0.3 is 0 Å². The Balaban J connectivity index is 1.94. The fraction of sp³-hybridized carbons (Fsp3) is 0.889. The average Bonchev–Trinajstić information content (AvgIpc) is 3.32. The molecule has 5 heteroatoms. The van der Waals surface area contributed by atoms with Crippen molar-refractivity contribution in [3.05, 3.63) is 9.85 Å². The molecule has 0 saturated carbocycles. The first-order valence-electron chi connectivity index (χ1n) is 17.9. The van der Waals surface area contributed by atoms with E-state index in [-0.39, 0.29) is 0 Å². The van der Waals surface area contributed by atoms with Gasteiger partial charge in [0.15, 0.2) is 5.75 Å². The van der Waals surface area contributed by atoms with Gasteiger partial charge in [-0.1, -0.05) is 189 Å². The van der Waals surface area contributed by atoms with E-state index in [1.54, 1.807) is 11.3 Å². The number of hydrogen-bond donors (Lipinski definition) is 0. The maximum Gasteiger partial charge on any atom is 0.218 e. The molecule has 1 atom stereocenters. The smallest absolute Gasteiger partial charge is 0.218 e. The second-order valence-electron chi connectivity index (χ2n) is 12.2.